The van der Waals surface area contributed by atoms with Crippen LogP contribution in [0, 0.1) is 6.92 Å². The van der Waals surface area contributed by atoms with E-state index in [1.807, 2.05) is 30.0 Å². The van der Waals surface area contributed by atoms with Crippen molar-refractivity contribution in [1.82, 2.24) is 9.88 Å². The third kappa shape index (κ3) is 2.53. The third-order valence-electron chi connectivity index (χ3n) is 4.79. The molecule has 23 heavy (non-hydrogen) atoms. The summed E-state index contributed by atoms with van der Waals surface area (Å²) in [6, 6.07) is 5.58. The summed E-state index contributed by atoms with van der Waals surface area (Å²) in [4.78, 5) is 18.1. The Labute approximate surface area is 139 Å². The molecular weight excluding hydrogens is 316 g/mol. The topological polar surface area (TPSA) is 54.6 Å². The van der Waals surface area contributed by atoms with Gasteiger partial charge in [-0.25, -0.2) is 0 Å². The van der Waals surface area contributed by atoms with Crippen molar-refractivity contribution in [2.45, 2.75) is 25.6 Å². The molecule has 2 aliphatic rings. The van der Waals surface area contributed by atoms with Gasteiger partial charge in [0.15, 0.2) is 5.79 Å². The lowest BCUT2D eigenvalue weighted by Gasteiger charge is -2.37. The van der Waals surface area contributed by atoms with Gasteiger partial charge in [0.25, 0.3) is 5.91 Å². The van der Waals surface area contributed by atoms with Crippen LogP contribution in [-0.4, -0.2) is 47.9 Å². The summed E-state index contributed by atoms with van der Waals surface area (Å²) >= 11 is 6.03. The molecule has 2 saturated heterocycles. The summed E-state index contributed by atoms with van der Waals surface area (Å²) in [5.41, 5.74) is 2.51. The van der Waals surface area contributed by atoms with Crippen molar-refractivity contribution in [3.05, 3.63) is 34.5 Å². The number of piperidine rings is 1. The van der Waals surface area contributed by atoms with Gasteiger partial charge in [0.1, 0.15) is 0 Å². The molecule has 1 spiro atoms. The molecule has 1 amide bonds. The number of carbonyl (C=O) groups excluding carboxylic acids is 1. The van der Waals surface area contributed by atoms with Crippen LogP contribution in [0.3, 0.4) is 0 Å². The van der Waals surface area contributed by atoms with Gasteiger partial charge in [-0.15, -0.1) is 0 Å². The monoisotopic (exact) mass is 334 g/mol. The molecule has 1 aromatic carbocycles. The second kappa shape index (κ2) is 5.51. The zero-order valence-electron chi connectivity index (χ0n) is 13.0. The van der Waals surface area contributed by atoms with Gasteiger partial charge in [-0.3, -0.25) is 4.79 Å². The number of hydrogen-bond acceptors (Lipinski definition) is 3. The van der Waals surface area contributed by atoms with E-state index in [4.69, 9.17) is 21.1 Å². The van der Waals surface area contributed by atoms with Gasteiger partial charge in [-0.1, -0.05) is 17.7 Å². The summed E-state index contributed by atoms with van der Waals surface area (Å²) in [5, 5.41) is 1.58. The lowest BCUT2D eigenvalue weighted by atomic mass is 10.0. The van der Waals surface area contributed by atoms with E-state index < -0.39 is 5.79 Å². The maximum Gasteiger partial charge on any atom is 0.256 e. The number of nitrogens with one attached hydrogen (secondary N) is 1. The van der Waals surface area contributed by atoms with Crippen LogP contribution in [0.25, 0.3) is 10.9 Å². The first-order valence-electron chi connectivity index (χ1n) is 7.93. The lowest BCUT2D eigenvalue weighted by Crippen LogP contribution is -2.47. The first-order chi connectivity index (χ1) is 11.1. The summed E-state index contributed by atoms with van der Waals surface area (Å²) in [5.74, 6) is -0.400. The molecular formula is C17H19ClN2O3. The Bertz CT molecular complexity index is 755. The van der Waals surface area contributed by atoms with E-state index in [-0.39, 0.29) is 5.91 Å². The van der Waals surface area contributed by atoms with Crippen molar-refractivity contribution in [3.63, 3.8) is 0 Å². The molecule has 0 aliphatic carbocycles. The Morgan fingerprint density at radius 2 is 1.96 bits per heavy atom. The molecule has 0 saturated carbocycles. The first kappa shape index (κ1) is 15.0. The smallest absolute Gasteiger partial charge is 0.256 e. The maximum atomic E-state index is 13.0. The number of carbonyl (C=O) groups is 1. The molecule has 2 aliphatic heterocycles. The zero-order chi connectivity index (χ0) is 16.0. The Hall–Kier alpha value is -1.56. The standard InChI is InChI=1S/C17H19ClN2O3/c1-11-15(13-3-2-12(18)10-14(13)19-11)16(21)20-6-4-17(5-7-20)22-8-9-23-17/h2-3,10,19H,4-9H2,1H3. The number of aromatic nitrogens is 1. The van der Waals surface area contributed by atoms with Gasteiger partial charge in [0.05, 0.1) is 18.8 Å². The molecule has 2 fully saturated rings. The largest absolute Gasteiger partial charge is 0.358 e. The third-order valence-corrected chi connectivity index (χ3v) is 5.02. The quantitative estimate of drug-likeness (QED) is 0.871. The van der Waals surface area contributed by atoms with Crippen LogP contribution >= 0.6 is 11.6 Å². The molecule has 0 unspecified atom stereocenters. The highest BCUT2D eigenvalue weighted by molar-refractivity contribution is 6.31. The predicted molar refractivity (Wildman–Crippen MR) is 87.8 cm³/mol. The first-order valence-corrected chi connectivity index (χ1v) is 8.31. The van der Waals surface area contributed by atoms with Crippen molar-refractivity contribution < 1.29 is 14.3 Å². The van der Waals surface area contributed by atoms with Crippen molar-refractivity contribution in [2.75, 3.05) is 26.3 Å². The number of aryl methyl sites for hydroxylation is 1. The normalized spacial score (nSPS) is 20.5. The van der Waals surface area contributed by atoms with Crippen LogP contribution in [0.1, 0.15) is 28.9 Å². The number of nitrogens with zero attached hydrogens (tertiary/aromatic N) is 1. The molecule has 0 atom stereocenters. The Morgan fingerprint density at radius 3 is 2.65 bits per heavy atom. The van der Waals surface area contributed by atoms with E-state index in [9.17, 15) is 4.79 Å². The minimum atomic E-state index is -0.459. The number of amides is 1. The molecule has 4 rings (SSSR count). The van der Waals surface area contributed by atoms with Gasteiger partial charge in [0.2, 0.25) is 0 Å². The van der Waals surface area contributed by atoms with Gasteiger partial charge < -0.3 is 19.4 Å². The SMILES string of the molecule is Cc1[nH]c2cc(Cl)ccc2c1C(=O)N1CCC2(CC1)OCCO2. The number of likely N-dealkylation sites (tertiary alicyclic amines) is 1. The minimum Gasteiger partial charge on any atom is -0.358 e. The second-order valence-corrected chi connectivity index (χ2v) is 6.65. The number of rotatable bonds is 1. The highest BCUT2D eigenvalue weighted by Crippen LogP contribution is 2.33. The number of benzene rings is 1. The van der Waals surface area contributed by atoms with Gasteiger partial charge in [-0.2, -0.15) is 0 Å². The average Bonchev–Trinajstić information content (AvgIpc) is 3.11. The molecule has 2 aromatic rings. The average molecular weight is 335 g/mol. The summed E-state index contributed by atoms with van der Waals surface area (Å²) < 4.78 is 11.5. The van der Waals surface area contributed by atoms with Gasteiger partial charge in [-0.05, 0) is 19.1 Å². The lowest BCUT2D eigenvalue weighted by molar-refractivity contribution is -0.181. The van der Waals surface area contributed by atoms with E-state index >= 15 is 0 Å². The number of H-pyrrole nitrogens is 1. The number of halogens is 1. The maximum absolute atomic E-state index is 13.0. The molecule has 0 bridgehead atoms. The van der Waals surface area contributed by atoms with E-state index in [1.54, 1.807) is 0 Å². The molecule has 122 valence electrons. The van der Waals surface area contributed by atoms with Crippen LogP contribution in [0.2, 0.25) is 5.02 Å². The second-order valence-electron chi connectivity index (χ2n) is 6.21. The Morgan fingerprint density at radius 1 is 1.26 bits per heavy atom. The Balaban J connectivity index is 1.59. The molecule has 5 nitrogen and oxygen atoms in total. The zero-order valence-corrected chi connectivity index (χ0v) is 13.8. The molecule has 0 radical (unpaired) electrons. The number of hydrogen-bond donors (Lipinski definition) is 1. The fraction of sp³-hybridized carbons (Fsp3) is 0.471. The highest BCUT2D eigenvalue weighted by atomic mass is 35.5. The Kier molecular flexibility index (Phi) is 3.59. The summed E-state index contributed by atoms with van der Waals surface area (Å²) in [6.45, 7) is 4.53. The van der Waals surface area contributed by atoms with Crippen LogP contribution < -0.4 is 0 Å². The molecule has 1 N–H and O–H groups in total. The van der Waals surface area contributed by atoms with Crippen molar-refractivity contribution in [3.8, 4) is 0 Å². The number of aromatic amines is 1. The van der Waals surface area contributed by atoms with E-state index in [0.717, 1.165) is 35.0 Å². The minimum absolute atomic E-state index is 0.0592. The fourth-order valence-corrected chi connectivity index (χ4v) is 3.75. The van der Waals surface area contributed by atoms with E-state index in [2.05, 4.69) is 4.98 Å². The van der Waals surface area contributed by atoms with Crippen LogP contribution in [0.15, 0.2) is 18.2 Å². The van der Waals surface area contributed by atoms with Crippen LogP contribution in [0.5, 0.6) is 0 Å². The molecule has 1 aromatic heterocycles. The van der Waals surface area contributed by atoms with Crippen LogP contribution in [-0.2, 0) is 9.47 Å². The highest BCUT2D eigenvalue weighted by Gasteiger charge is 2.41. The van der Waals surface area contributed by atoms with Crippen molar-refractivity contribution in [1.29, 1.82) is 0 Å². The predicted octanol–water partition coefficient (Wildman–Crippen LogP) is 3.11. The van der Waals surface area contributed by atoms with Crippen LogP contribution in [0.4, 0.5) is 0 Å². The summed E-state index contributed by atoms with van der Waals surface area (Å²) in [6.07, 6.45) is 1.46. The molecule has 3 heterocycles. The van der Waals surface area contributed by atoms with E-state index in [0.29, 0.717) is 31.3 Å². The fourth-order valence-electron chi connectivity index (χ4n) is 3.57. The summed E-state index contributed by atoms with van der Waals surface area (Å²) in [7, 11) is 0. The van der Waals surface area contributed by atoms with Crippen molar-refractivity contribution >= 4 is 28.4 Å². The van der Waals surface area contributed by atoms with E-state index in [1.165, 1.54) is 0 Å². The van der Waals surface area contributed by atoms with Gasteiger partial charge in [0, 0.05) is 47.6 Å². The van der Waals surface area contributed by atoms with Gasteiger partial charge >= 0.3 is 0 Å². The molecule has 6 heteroatoms. The number of ether oxygens (including phenoxy) is 2. The van der Waals surface area contributed by atoms with Crippen molar-refractivity contribution in [2.24, 2.45) is 0 Å². The number of fused-ring (bicyclic) bond motifs is 1.